The highest BCUT2D eigenvalue weighted by Crippen LogP contribution is 2.15. The zero-order valence-corrected chi connectivity index (χ0v) is 15.2. The fraction of sp³-hybridized carbons (Fsp3) is 0.200. The average molecular weight is 383 g/mol. The summed E-state index contributed by atoms with van der Waals surface area (Å²) in [6.45, 7) is 1.24. The second kappa shape index (κ2) is 8.43. The van der Waals surface area contributed by atoms with Crippen LogP contribution < -0.4 is 10.5 Å². The Morgan fingerprint density at radius 1 is 1.14 bits per heavy atom. The largest absolute Gasteiger partial charge is 0.454 e. The number of amides is 1. The van der Waals surface area contributed by atoms with E-state index in [1.807, 2.05) is 0 Å². The summed E-state index contributed by atoms with van der Waals surface area (Å²) in [5.41, 5.74) is 0.667. The first-order valence-electron chi connectivity index (χ1n) is 8.65. The minimum atomic E-state index is -0.734. The molecule has 8 heteroatoms. The average Bonchev–Trinajstić information content (AvgIpc) is 2.71. The number of hydrogen-bond acceptors (Lipinski definition) is 5. The summed E-state index contributed by atoms with van der Waals surface area (Å²) in [5.74, 6) is -1.60. The number of fused-ring (bicyclic) bond motifs is 1. The van der Waals surface area contributed by atoms with Crippen molar-refractivity contribution in [1.29, 1.82) is 0 Å². The van der Waals surface area contributed by atoms with Crippen molar-refractivity contribution >= 4 is 28.5 Å². The first-order valence-corrected chi connectivity index (χ1v) is 8.65. The van der Waals surface area contributed by atoms with Crippen molar-refractivity contribution in [1.82, 2.24) is 9.55 Å². The molecule has 0 bridgehead atoms. The van der Waals surface area contributed by atoms with Crippen LogP contribution >= 0.6 is 0 Å². The molecule has 144 valence electrons. The van der Waals surface area contributed by atoms with E-state index in [9.17, 15) is 18.8 Å². The number of anilines is 1. The highest BCUT2D eigenvalue weighted by atomic mass is 19.1. The summed E-state index contributed by atoms with van der Waals surface area (Å²) in [6.07, 6.45) is 1.27. The number of aromatic nitrogens is 2. The van der Waals surface area contributed by atoms with Gasteiger partial charge in [-0.25, -0.2) is 9.37 Å². The zero-order valence-electron chi connectivity index (χ0n) is 15.2. The third-order valence-electron chi connectivity index (χ3n) is 4.14. The summed E-state index contributed by atoms with van der Waals surface area (Å²) in [4.78, 5) is 42.3. The number of benzene rings is 2. The summed E-state index contributed by atoms with van der Waals surface area (Å²) >= 11 is 0. The van der Waals surface area contributed by atoms with Crippen molar-refractivity contribution in [2.45, 2.75) is 13.5 Å². The minimum Gasteiger partial charge on any atom is -0.454 e. The number of hydrogen-bond donors (Lipinski definition) is 0. The Balaban J connectivity index is 1.63. The van der Waals surface area contributed by atoms with Crippen molar-refractivity contribution in [3.05, 3.63) is 71.0 Å². The Bertz CT molecular complexity index is 1060. The first kappa shape index (κ1) is 19.2. The van der Waals surface area contributed by atoms with E-state index >= 15 is 0 Å². The fourth-order valence-electron chi connectivity index (χ4n) is 2.75. The number of carbonyl (C=O) groups excluding carboxylic acids is 2. The van der Waals surface area contributed by atoms with E-state index in [-0.39, 0.29) is 12.1 Å². The van der Waals surface area contributed by atoms with Gasteiger partial charge in [0.1, 0.15) is 12.4 Å². The number of rotatable bonds is 6. The van der Waals surface area contributed by atoms with Gasteiger partial charge in [0.05, 0.1) is 17.2 Å². The van der Waals surface area contributed by atoms with Crippen LogP contribution in [0.3, 0.4) is 0 Å². The summed E-state index contributed by atoms with van der Waals surface area (Å²) in [6, 6.07) is 12.2. The molecule has 1 aromatic heterocycles. The molecular formula is C20H18FN3O4. The number of nitrogens with zero attached hydrogens (tertiary/aromatic N) is 3. The molecule has 3 rings (SSSR count). The number of esters is 1. The molecule has 28 heavy (non-hydrogen) atoms. The minimum absolute atomic E-state index is 0.329. The lowest BCUT2D eigenvalue weighted by atomic mass is 10.2. The molecule has 0 N–H and O–H groups in total. The maximum atomic E-state index is 13.0. The maximum Gasteiger partial charge on any atom is 0.326 e. The van der Waals surface area contributed by atoms with Crippen LogP contribution in [0, 0.1) is 5.82 Å². The van der Waals surface area contributed by atoms with Crippen LogP contribution in [0.25, 0.3) is 10.9 Å². The molecule has 0 radical (unpaired) electrons. The number of carbonyl (C=O) groups is 2. The zero-order chi connectivity index (χ0) is 20.1. The van der Waals surface area contributed by atoms with E-state index in [1.54, 1.807) is 31.2 Å². The van der Waals surface area contributed by atoms with Crippen LogP contribution in [0.15, 0.2) is 59.7 Å². The quantitative estimate of drug-likeness (QED) is 0.609. The van der Waals surface area contributed by atoms with Crippen LogP contribution in [0.5, 0.6) is 0 Å². The Kier molecular flexibility index (Phi) is 5.78. The maximum absolute atomic E-state index is 13.0. The molecular weight excluding hydrogens is 365 g/mol. The van der Waals surface area contributed by atoms with E-state index in [0.29, 0.717) is 23.1 Å². The molecule has 0 aliphatic rings. The molecule has 1 heterocycles. The smallest absolute Gasteiger partial charge is 0.326 e. The molecule has 0 aliphatic carbocycles. The molecule has 0 saturated heterocycles. The molecule has 2 aromatic carbocycles. The van der Waals surface area contributed by atoms with E-state index < -0.39 is 24.3 Å². The van der Waals surface area contributed by atoms with Crippen LogP contribution in [0.1, 0.15) is 6.92 Å². The van der Waals surface area contributed by atoms with E-state index in [2.05, 4.69) is 4.98 Å². The second-order valence-electron chi connectivity index (χ2n) is 5.97. The monoisotopic (exact) mass is 383 g/mol. The van der Waals surface area contributed by atoms with E-state index in [0.717, 1.165) is 4.57 Å². The third kappa shape index (κ3) is 4.22. The number of para-hydroxylation sites is 1. The van der Waals surface area contributed by atoms with Gasteiger partial charge in [0.15, 0.2) is 6.61 Å². The summed E-state index contributed by atoms with van der Waals surface area (Å²) in [5, 5.41) is 0.391. The van der Waals surface area contributed by atoms with Gasteiger partial charge in [0, 0.05) is 12.2 Å². The normalized spacial score (nSPS) is 10.6. The van der Waals surface area contributed by atoms with Gasteiger partial charge < -0.3 is 9.64 Å². The molecule has 0 saturated carbocycles. The van der Waals surface area contributed by atoms with Crippen molar-refractivity contribution in [2.24, 2.45) is 0 Å². The van der Waals surface area contributed by atoms with Crippen LogP contribution in [-0.2, 0) is 20.9 Å². The first-order chi connectivity index (χ1) is 13.5. The molecule has 0 unspecified atom stereocenters. The SMILES string of the molecule is CCN(C(=O)COC(=O)Cn1cnc2ccccc2c1=O)c1ccc(F)cc1. The van der Waals surface area contributed by atoms with Gasteiger partial charge >= 0.3 is 5.97 Å². The third-order valence-corrected chi connectivity index (χ3v) is 4.14. The van der Waals surface area contributed by atoms with Crippen LogP contribution in [-0.4, -0.2) is 34.6 Å². The van der Waals surface area contributed by atoms with Gasteiger partial charge in [-0.1, -0.05) is 12.1 Å². The Morgan fingerprint density at radius 3 is 2.57 bits per heavy atom. The Labute approximate surface area is 160 Å². The van der Waals surface area contributed by atoms with Gasteiger partial charge in [-0.05, 0) is 43.3 Å². The Morgan fingerprint density at radius 2 is 1.86 bits per heavy atom. The van der Waals surface area contributed by atoms with Gasteiger partial charge in [-0.15, -0.1) is 0 Å². The van der Waals surface area contributed by atoms with Gasteiger partial charge in [-0.3, -0.25) is 19.0 Å². The Hall–Kier alpha value is -3.55. The van der Waals surface area contributed by atoms with Crippen molar-refractivity contribution < 1.29 is 18.7 Å². The number of halogens is 1. The summed E-state index contributed by atoms with van der Waals surface area (Å²) < 4.78 is 19.2. The molecule has 7 nitrogen and oxygen atoms in total. The highest BCUT2D eigenvalue weighted by Gasteiger charge is 2.17. The van der Waals surface area contributed by atoms with Crippen LogP contribution in [0.4, 0.5) is 10.1 Å². The van der Waals surface area contributed by atoms with Gasteiger partial charge in [0.25, 0.3) is 11.5 Å². The lowest BCUT2D eigenvalue weighted by Crippen LogP contribution is -2.35. The van der Waals surface area contributed by atoms with Gasteiger partial charge in [0.2, 0.25) is 0 Å². The van der Waals surface area contributed by atoms with Crippen molar-refractivity contribution in [3.63, 3.8) is 0 Å². The van der Waals surface area contributed by atoms with Crippen molar-refractivity contribution in [3.8, 4) is 0 Å². The highest BCUT2D eigenvalue weighted by molar-refractivity contribution is 5.95. The molecule has 0 fully saturated rings. The second-order valence-corrected chi connectivity index (χ2v) is 5.97. The molecule has 0 atom stereocenters. The van der Waals surface area contributed by atoms with Gasteiger partial charge in [-0.2, -0.15) is 0 Å². The number of likely N-dealkylation sites (N-methyl/N-ethyl adjacent to an activating group) is 1. The van der Waals surface area contributed by atoms with E-state index in [4.69, 9.17) is 4.74 Å². The topological polar surface area (TPSA) is 81.5 Å². The lowest BCUT2D eigenvalue weighted by molar-refractivity contribution is -0.148. The lowest BCUT2D eigenvalue weighted by Gasteiger charge is -2.20. The van der Waals surface area contributed by atoms with Crippen molar-refractivity contribution in [2.75, 3.05) is 18.1 Å². The molecule has 3 aromatic rings. The standard InChI is InChI=1S/C20H18FN3O4/c1-2-24(15-9-7-14(21)8-10-15)18(25)12-28-19(26)11-23-13-22-17-6-4-3-5-16(17)20(23)27/h3-10,13H,2,11-12H2,1H3. The van der Waals surface area contributed by atoms with Crippen LogP contribution in [0.2, 0.25) is 0 Å². The predicted molar refractivity (Wildman–Crippen MR) is 101 cm³/mol. The molecule has 0 spiro atoms. The molecule has 0 aliphatic heterocycles. The fourth-order valence-corrected chi connectivity index (χ4v) is 2.75. The molecule has 1 amide bonds. The van der Waals surface area contributed by atoms with E-state index in [1.165, 1.54) is 35.5 Å². The number of ether oxygens (including phenoxy) is 1. The summed E-state index contributed by atoms with van der Waals surface area (Å²) in [7, 11) is 0. The predicted octanol–water partition coefficient (Wildman–Crippen LogP) is 2.13.